The third-order valence-electron chi connectivity index (χ3n) is 3.14. The Hall–Kier alpha value is -1.30. The Kier molecular flexibility index (Phi) is 6.49. The Morgan fingerprint density at radius 2 is 2.06 bits per heavy atom. The highest BCUT2D eigenvalue weighted by Gasteiger charge is 2.22. The van der Waals surface area contributed by atoms with Crippen molar-refractivity contribution in [2.45, 2.75) is 50.6 Å². The molecule has 0 heterocycles. The number of rotatable bonds is 7. The molecule has 18 heavy (non-hydrogen) atoms. The van der Waals surface area contributed by atoms with Crippen LogP contribution in [-0.4, -0.2) is 42.9 Å². The lowest BCUT2D eigenvalue weighted by molar-refractivity contribution is -0.139. The van der Waals surface area contributed by atoms with E-state index in [1.807, 2.05) is 0 Å². The lowest BCUT2D eigenvalue weighted by atomic mass is 10.1. The minimum absolute atomic E-state index is 0.193. The van der Waals surface area contributed by atoms with Crippen molar-refractivity contribution >= 4 is 12.0 Å². The summed E-state index contributed by atoms with van der Waals surface area (Å²) in [6, 6.07) is -1.04. The van der Waals surface area contributed by atoms with Crippen LogP contribution in [0.3, 0.4) is 0 Å². The topological polar surface area (TPSA) is 87.7 Å². The summed E-state index contributed by atoms with van der Waals surface area (Å²) in [5.41, 5.74) is 0. The number of carbonyl (C=O) groups is 2. The van der Waals surface area contributed by atoms with E-state index in [-0.39, 0.29) is 12.1 Å². The average molecular weight is 258 g/mol. The Labute approximate surface area is 107 Å². The molecule has 1 fully saturated rings. The van der Waals surface area contributed by atoms with E-state index in [0.29, 0.717) is 19.4 Å². The van der Waals surface area contributed by atoms with E-state index in [0.717, 1.165) is 25.7 Å². The molecule has 6 nitrogen and oxygen atoms in total. The van der Waals surface area contributed by atoms with Crippen molar-refractivity contribution in [1.29, 1.82) is 0 Å². The maximum Gasteiger partial charge on any atom is 0.326 e. The van der Waals surface area contributed by atoms with Gasteiger partial charge in [-0.25, -0.2) is 9.59 Å². The van der Waals surface area contributed by atoms with Crippen molar-refractivity contribution in [3.05, 3.63) is 0 Å². The number of hydrogen-bond acceptors (Lipinski definition) is 3. The van der Waals surface area contributed by atoms with Gasteiger partial charge >= 0.3 is 12.0 Å². The summed E-state index contributed by atoms with van der Waals surface area (Å²) in [5, 5.41) is 14.3. The van der Waals surface area contributed by atoms with Gasteiger partial charge in [0.15, 0.2) is 0 Å². The molecule has 0 saturated heterocycles. The zero-order chi connectivity index (χ0) is 13.4. The van der Waals surface area contributed by atoms with Crippen LogP contribution in [0.15, 0.2) is 0 Å². The van der Waals surface area contributed by atoms with E-state index in [2.05, 4.69) is 10.6 Å². The van der Waals surface area contributed by atoms with Crippen molar-refractivity contribution in [2.24, 2.45) is 0 Å². The lowest BCUT2D eigenvalue weighted by Gasteiger charge is -2.17. The number of carboxylic acid groups (broad SMARTS) is 1. The number of carbonyl (C=O) groups excluding carboxylic acids is 1. The molecule has 0 bridgehead atoms. The second kappa shape index (κ2) is 7.92. The molecule has 1 atom stereocenters. The number of aliphatic carboxylic acids is 1. The molecule has 0 aromatic heterocycles. The van der Waals surface area contributed by atoms with Gasteiger partial charge in [-0.3, -0.25) is 0 Å². The van der Waals surface area contributed by atoms with Gasteiger partial charge in [0.2, 0.25) is 0 Å². The van der Waals surface area contributed by atoms with Crippen molar-refractivity contribution in [1.82, 2.24) is 10.6 Å². The number of urea groups is 1. The number of methoxy groups -OCH3 is 1. The first-order valence-electron chi connectivity index (χ1n) is 6.42. The third kappa shape index (κ3) is 5.35. The maximum atomic E-state index is 11.6. The summed E-state index contributed by atoms with van der Waals surface area (Å²) in [7, 11) is 1.57. The van der Waals surface area contributed by atoms with Crippen LogP contribution in [0.2, 0.25) is 0 Å². The Morgan fingerprint density at radius 3 is 2.61 bits per heavy atom. The van der Waals surface area contributed by atoms with Crippen LogP contribution in [0, 0.1) is 0 Å². The van der Waals surface area contributed by atoms with Crippen molar-refractivity contribution in [3.8, 4) is 0 Å². The first kappa shape index (κ1) is 14.8. The van der Waals surface area contributed by atoms with Crippen molar-refractivity contribution < 1.29 is 19.4 Å². The van der Waals surface area contributed by atoms with Gasteiger partial charge in [-0.2, -0.15) is 0 Å². The molecule has 3 N–H and O–H groups in total. The monoisotopic (exact) mass is 258 g/mol. The summed E-state index contributed by atoms with van der Waals surface area (Å²) >= 11 is 0. The van der Waals surface area contributed by atoms with Crippen LogP contribution >= 0.6 is 0 Å². The average Bonchev–Trinajstić information content (AvgIpc) is 2.80. The van der Waals surface area contributed by atoms with E-state index in [4.69, 9.17) is 9.84 Å². The first-order valence-corrected chi connectivity index (χ1v) is 6.42. The van der Waals surface area contributed by atoms with Gasteiger partial charge in [0.05, 0.1) is 0 Å². The van der Waals surface area contributed by atoms with E-state index in [9.17, 15) is 9.59 Å². The van der Waals surface area contributed by atoms with Crippen molar-refractivity contribution in [2.75, 3.05) is 13.7 Å². The third-order valence-corrected chi connectivity index (χ3v) is 3.14. The van der Waals surface area contributed by atoms with Gasteiger partial charge in [-0.1, -0.05) is 12.8 Å². The van der Waals surface area contributed by atoms with Crippen LogP contribution in [-0.2, 0) is 9.53 Å². The molecule has 1 saturated carbocycles. The quantitative estimate of drug-likeness (QED) is 0.597. The molecule has 0 aromatic rings. The molecule has 1 aliphatic carbocycles. The zero-order valence-corrected chi connectivity index (χ0v) is 10.8. The van der Waals surface area contributed by atoms with Gasteiger partial charge in [-0.05, 0) is 25.7 Å². The molecular formula is C12H22N2O4. The number of ether oxygens (including phenoxy) is 1. The van der Waals surface area contributed by atoms with Crippen LogP contribution in [0.4, 0.5) is 4.79 Å². The van der Waals surface area contributed by atoms with E-state index in [1.165, 1.54) is 0 Å². The SMILES string of the molecule is COCCCC(NC(=O)NC1CCCC1)C(=O)O. The molecule has 0 spiro atoms. The van der Waals surface area contributed by atoms with Crippen LogP contribution in [0.25, 0.3) is 0 Å². The molecule has 0 aliphatic heterocycles. The highest BCUT2D eigenvalue weighted by molar-refractivity contribution is 5.82. The minimum atomic E-state index is -1.01. The second-order valence-electron chi connectivity index (χ2n) is 4.63. The van der Waals surface area contributed by atoms with E-state index >= 15 is 0 Å². The molecule has 2 amide bonds. The molecule has 0 radical (unpaired) electrons. The number of nitrogens with one attached hydrogen (secondary N) is 2. The summed E-state index contributed by atoms with van der Waals surface area (Å²) in [5.74, 6) is -1.01. The summed E-state index contributed by atoms with van der Waals surface area (Å²) in [6.07, 6.45) is 5.20. The number of carboxylic acids is 1. The Morgan fingerprint density at radius 1 is 1.39 bits per heavy atom. The Balaban J connectivity index is 2.29. The molecule has 104 valence electrons. The molecule has 1 rings (SSSR count). The highest BCUT2D eigenvalue weighted by Crippen LogP contribution is 2.17. The molecular weight excluding hydrogens is 236 g/mol. The standard InChI is InChI=1S/C12H22N2O4/c1-18-8-4-7-10(11(15)16)14-12(17)13-9-5-2-3-6-9/h9-10H,2-8H2,1H3,(H,15,16)(H2,13,14,17). The predicted molar refractivity (Wildman–Crippen MR) is 66.5 cm³/mol. The van der Waals surface area contributed by atoms with E-state index < -0.39 is 12.0 Å². The van der Waals surface area contributed by atoms with Gasteiger partial charge in [0.25, 0.3) is 0 Å². The minimum Gasteiger partial charge on any atom is -0.480 e. The van der Waals surface area contributed by atoms with Crippen LogP contribution in [0.5, 0.6) is 0 Å². The summed E-state index contributed by atoms with van der Waals surface area (Å²) in [6.45, 7) is 0.496. The summed E-state index contributed by atoms with van der Waals surface area (Å²) < 4.78 is 4.86. The fourth-order valence-corrected chi connectivity index (χ4v) is 2.14. The largest absolute Gasteiger partial charge is 0.480 e. The molecule has 6 heteroatoms. The fourth-order valence-electron chi connectivity index (χ4n) is 2.14. The normalized spacial score (nSPS) is 17.4. The van der Waals surface area contributed by atoms with Crippen molar-refractivity contribution in [3.63, 3.8) is 0 Å². The second-order valence-corrected chi connectivity index (χ2v) is 4.63. The number of hydrogen-bond donors (Lipinski definition) is 3. The fraction of sp³-hybridized carbons (Fsp3) is 0.833. The molecule has 1 unspecified atom stereocenters. The van der Waals surface area contributed by atoms with Crippen LogP contribution < -0.4 is 10.6 Å². The van der Waals surface area contributed by atoms with Gasteiger partial charge in [0.1, 0.15) is 6.04 Å². The molecule has 1 aliphatic rings. The highest BCUT2D eigenvalue weighted by atomic mass is 16.5. The lowest BCUT2D eigenvalue weighted by Crippen LogP contribution is -2.48. The first-order chi connectivity index (χ1) is 8.63. The summed E-state index contributed by atoms with van der Waals surface area (Å²) in [4.78, 5) is 22.6. The van der Waals surface area contributed by atoms with Crippen LogP contribution in [0.1, 0.15) is 38.5 Å². The predicted octanol–water partition coefficient (Wildman–Crippen LogP) is 1.11. The van der Waals surface area contributed by atoms with Gasteiger partial charge in [0, 0.05) is 19.8 Å². The van der Waals surface area contributed by atoms with Gasteiger partial charge in [-0.15, -0.1) is 0 Å². The smallest absolute Gasteiger partial charge is 0.326 e. The van der Waals surface area contributed by atoms with E-state index in [1.54, 1.807) is 7.11 Å². The maximum absolute atomic E-state index is 11.6. The number of amides is 2. The van der Waals surface area contributed by atoms with Gasteiger partial charge < -0.3 is 20.5 Å². The molecule has 0 aromatic carbocycles. The Bertz CT molecular complexity index is 277. The zero-order valence-electron chi connectivity index (χ0n) is 10.8.